The first kappa shape index (κ1) is 20.0. The highest BCUT2D eigenvalue weighted by Gasteiger charge is 2.21. The van der Waals surface area contributed by atoms with E-state index in [1.807, 2.05) is 30.0 Å². The van der Waals surface area contributed by atoms with Crippen molar-refractivity contribution in [2.45, 2.75) is 40.5 Å². The Bertz CT molecular complexity index is 726. The summed E-state index contributed by atoms with van der Waals surface area (Å²) in [6, 6.07) is 1.83. The maximum Gasteiger partial charge on any atom is 0.259 e. The zero-order valence-corrected chi connectivity index (χ0v) is 16.8. The zero-order valence-electron chi connectivity index (χ0n) is 16.0. The lowest BCUT2D eigenvalue weighted by Crippen LogP contribution is -2.31. The minimum Gasteiger partial charge on any atom is -0.341 e. The molecule has 0 saturated heterocycles. The fourth-order valence-electron chi connectivity index (χ4n) is 2.55. The lowest BCUT2D eigenvalue weighted by Gasteiger charge is -2.23. The highest BCUT2D eigenvalue weighted by molar-refractivity contribution is 7.08. The maximum absolute atomic E-state index is 12.9. The number of rotatable bonds is 9. The van der Waals surface area contributed by atoms with Gasteiger partial charge in [-0.25, -0.2) is 9.98 Å². The van der Waals surface area contributed by atoms with Gasteiger partial charge in [0, 0.05) is 31.2 Å². The Labute approximate surface area is 159 Å². The fraction of sp³-hybridized carbons (Fsp3) is 0.474. The molecule has 26 heavy (non-hydrogen) atoms. The number of unbranched alkanes of at least 4 members (excludes halogenated alkanes) is 1. The SMILES string of the molecule is CCCC=Nc1nc(N(CC)CC)ncc1N(CC)C(=O)c1ccsc1. The number of hydrogen-bond donors (Lipinski definition) is 0. The summed E-state index contributed by atoms with van der Waals surface area (Å²) in [7, 11) is 0. The molecule has 0 bridgehead atoms. The Kier molecular flexibility index (Phi) is 7.72. The molecule has 0 spiro atoms. The standard InChI is InChI=1S/C19H27N5OS/c1-5-9-11-20-17-16(13-21-19(22-17)23(6-2)7-3)24(8-4)18(25)15-10-12-26-14-15/h10-14H,5-9H2,1-4H3. The van der Waals surface area contributed by atoms with Gasteiger partial charge in [0.05, 0.1) is 11.8 Å². The number of amides is 1. The first-order valence-electron chi connectivity index (χ1n) is 9.14. The molecule has 2 heterocycles. The van der Waals surface area contributed by atoms with E-state index in [1.165, 1.54) is 11.3 Å². The number of carbonyl (C=O) groups excluding carboxylic acids is 1. The number of nitrogens with zero attached hydrogens (tertiary/aromatic N) is 5. The van der Waals surface area contributed by atoms with Crippen LogP contribution in [0.2, 0.25) is 0 Å². The third-order valence-corrected chi connectivity index (χ3v) is 4.72. The molecule has 0 aliphatic carbocycles. The van der Waals surface area contributed by atoms with Gasteiger partial charge in [0.15, 0.2) is 5.82 Å². The molecule has 0 aliphatic heterocycles. The van der Waals surface area contributed by atoms with E-state index < -0.39 is 0 Å². The Hall–Kier alpha value is -2.28. The molecule has 0 N–H and O–H groups in total. The van der Waals surface area contributed by atoms with Gasteiger partial charge in [-0.2, -0.15) is 16.3 Å². The second-order valence-electron chi connectivity index (χ2n) is 5.71. The first-order chi connectivity index (χ1) is 12.7. The molecule has 6 nitrogen and oxygen atoms in total. The fourth-order valence-corrected chi connectivity index (χ4v) is 3.18. The van der Waals surface area contributed by atoms with Crippen LogP contribution in [-0.4, -0.2) is 41.7 Å². The molecule has 1 amide bonds. The Balaban J connectivity index is 2.45. The van der Waals surface area contributed by atoms with E-state index >= 15 is 0 Å². The molecular weight excluding hydrogens is 346 g/mol. The molecule has 2 rings (SSSR count). The van der Waals surface area contributed by atoms with Gasteiger partial charge in [-0.1, -0.05) is 13.3 Å². The molecule has 2 aromatic rings. The van der Waals surface area contributed by atoms with Crippen molar-refractivity contribution in [2.24, 2.45) is 4.99 Å². The van der Waals surface area contributed by atoms with Crippen LogP contribution in [0.4, 0.5) is 17.5 Å². The van der Waals surface area contributed by atoms with E-state index in [1.54, 1.807) is 11.1 Å². The minimum absolute atomic E-state index is 0.0557. The van der Waals surface area contributed by atoms with Gasteiger partial charge >= 0.3 is 0 Å². The van der Waals surface area contributed by atoms with Crippen LogP contribution >= 0.6 is 11.3 Å². The summed E-state index contributed by atoms with van der Waals surface area (Å²) >= 11 is 1.51. The predicted molar refractivity (Wildman–Crippen MR) is 110 cm³/mol. The molecule has 0 aromatic carbocycles. The van der Waals surface area contributed by atoms with Crippen molar-refractivity contribution < 1.29 is 4.79 Å². The predicted octanol–water partition coefficient (Wildman–Crippen LogP) is 4.55. The third-order valence-electron chi connectivity index (χ3n) is 4.04. The summed E-state index contributed by atoms with van der Waals surface area (Å²) in [6.45, 7) is 10.4. The molecule has 7 heteroatoms. The summed E-state index contributed by atoms with van der Waals surface area (Å²) in [5.41, 5.74) is 1.32. The molecule has 0 aliphatic rings. The van der Waals surface area contributed by atoms with Crippen LogP contribution in [-0.2, 0) is 0 Å². The van der Waals surface area contributed by atoms with Gasteiger partial charge in [-0.3, -0.25) is 4.79 Å². The van der Waals surface area contributed by atoms with E-state index in [9.17, 15) is 4.79 Å². The second kappa shape index (κ2) is 10.0. The second-order valence-corrected chi connectivity index (χ2v) is 6.49. The van der Waals surface area contributed by atoms with Crippen LogP contribution in [0.25, 0.3) is 0 Å². The summed E-state index contributed by atoms with van der Waals surface area (Å²) < 4.78 is 0. The topological polar surface area (TPSA) is 61.7 Å². The number of anilines is 2. The Morgan fingerprint density at radius 3 is 2.58 bits per heavy atom. The molecular formula is C19H27N5OS. The highest BCUT2D eigenvalue weighted by Crippen LogP contribution is 2.29. The molecule has 2 aromatic heterocycles. The van der Waals surface area contributed by atoms with Crippen molar-refractivity contribution in [2.75, 3.05) is 29.4 Å². The van der Waals surface area contributed by atoms with Crippen molar-refractivity contribution in [1.29, 1.82) is 0 Å². The lowest BCUT2D eigenvalue weighted by molar-refractivity contribution is 0.0988. The van der Waals surface area contributed by atoms with Crippen molar-refractivity contribution in [3.63, 3.8) is 0 Å². The average Bonchev–Trinajstić information content (AvgIpc) is 3.19. The van der Waals surface area contributed by atoms with Crippen LogP contribution in [0.3, 0.4) is 0 Å². The quantitative estimate of drug-likeness (QED) is 0.605. The smallest absolute Gasteiger partial charge is 0.259 e. The van der Waals surface area contributed by atoms with Crippen molar-refractivity contribution in [3.05, 3.63) is 28.6 Å². The number of aliphatic imine (C=N–C) groups is 1. The molecule has 0 radical (unpaired) electrons. The van der Waals surface area contributed by atoms with Crippen molar-refractivity contribution in [1.82, 2.24) is 9.97 Å². The van der Waals surface area contributed by atoms with Gasteiger partial charge in [0.1, 0.15) is 5.69 Å². The van der Waals surface area contributed by atoms with Crippen LogP contribution < -0.4 is 9.80 Å². The molecule has 0 unspecified atom stereocenters. The third kappa shape index (κ3) is 4.66. The van der Waals surface area contributed by atoms with E-state index in [0.29, 0.717) is 29.6 Å². The Morgan fingerprint density at radius 2 is 2.00 bits per heavy atom. The Morgan fingerprint density at radius 1 is 1.23 bits per heavy atom. The summed E-state index contributed by atoms with van der Waals surface area (Å²) in [6.07, 6.45) is 5.46. The molecule has 0 fully saturated rings. The van der Waals surface area contributed by atoms with Gasteiger partial charge in [-0.15, -0.1) is 0 Å². The normalized spacial score (nSPS) is 11.1. The maximum atomic E-state index is 12.9. The monoisotopic (exact) mass is 373 g/mol. The van der Waals surface area contributed by atoms with E-state index in [-0.39, 0.29) is 5.91 Å². The van der Waals surface area contributed by atoms with Crippen molar-refractivity contribution >= 4 is 40.9 Å². The van der Waals surface area contributed by atoms with Gasteiger partial charge in [0.25, 0.3) is 5.91 Å². The highest BCUT2D eigenvalue weighted by atomic mass is 32.1. The first-order valence-corrected chi connectivity index (χ1v) is 10.1. The van der Waals surface area contributed by atoms with Crippen LogP contribution in [0.5, 0.6) is 0 Å². The van der Waals surface area contributed by atoms with E-state index in [2.05, 4.69) is 40.6 Å². The zero-order chi connectivity index (χ0) is 18.9. The van der Waals surface area contributed by atoms with Crippen LogP contribution in [0.1, 0.15) is 50.9 Å². The number of aromatic nitrogens is 2. The largest absolute Gasteiger partial charge is 0.341 e. The van der Waals surface area contributed by atoms with Gasteiger partial charge in [0.2, 0.25) is 5.95 Å². The summed E-state index contributed by atoms with van der Waals surface area (Å²) in [4.78, 5) is 30.3. The average molecular weight is 374 g/mol. The molecule has 140 valence electrons. The number of carbonyl (C=O) groups is 1. The molecule has 0 atom stereocenters. The molecule has 0 saturated carbocycles. The number of thiophene rings is 1. The summed E-state index contributed by atoms with van der Waals surface area (Å²) in [5.74, 6) is 1.13. The summed E-state index contributed by atoms with van der Waals surface area (Å²) in [5, 5.41) is 3.76. The van der Waals surface area contributed by atoms with Crippen LogP contribution in [0, 0.1) is 0 Å². The van der Waals surface area contributed by atoms with Gasteiger partial charge in [-0.05, 0) is 38.6 Å². The number of hydrogen-bond acceptors (Lipinski definition) is 6. The van der Waals surface area contributed by atoms with Gasteiger partial charge < -0.3 is 9.80 Å². The lowest BCUT2D eigenvalue weighted by atomic mass is 10.2. The van der Waals surface area contributed by atoms with Crippen LogP contribution in [0.15, 0.2) is 28.0 Å². The minimum atomic E-state index is -0.0557. The van der Waals surface area contributed by atoms with Crippen molar-refractivity contribution in [3.8, 4) is 0 Å². The van der Waals surface area contributed by atoms with E-state index in [4.69, 9.17) is 0 Å². The van der Waals surface area contributed by atoms with E-state index in [0.717, 1.165) is 25.9 Å².